The first-order valence-electron chi connectivity index (χ1n) is 3.94. The first-order chi connectivity index (χ1) is 6.56. The summed E-state index contributed by atoms with van der Waals surface area (Å²) in [4.78, 5) is 11.2. The Hall–Kier alpha value is -0.810. The fraction of sp³-hybridized carbons (Fsp3) is 0.222. The van der Waals surface area contributed by atoms with E-state index >= 15 is 0 Å². The van der Waals surface area contributed by atoms with Gasteiger partial charge < -0.3 is 5.73 Å². The summed E-state index contributed by atoms with van der Waals surface area (Å²) in [7, 11) is 0. The van der Waals surface area contributed by atoms with Crippen molar-refractivity contribution in [3.63, 3.8) is 0 Å². The molecule has 5 heteroatoms. The van der Waals surface area contributed by atoms with Crippen molar-refractivity contribution in [1.82, 2.24) is 0 Å². The molecule has 1 aromatic carbocycles. The molecule has 1 rings (SSSR count). The van der Waals surface area contributed by atoms with Gasteiger partial charge in [0.25, 0.3) is 0 Å². The molecule has 0 aliphatic rings. The Labute approximate surface area is 88.2 Å². The maximum Gasteiger partial charge on any atom is 0.170 e. The van der Waals surface area contributed by atoms with Crippen LogP contribution < -0.4 is 5.73 Å². The lowest BCUT2D eigenvalue weighted by molar-refractivity contribution is 0.0977. The van der Waals surface area contributed by atoms with Gasteiger partial charge in [-0.05, 0) is 18.7 Å². The number of hydrogen-bond donors (Lipinski definition) is 1. The van der Waals surface area contributed by atoms with Crippen molar-refractivity contribution in [3.05, 3.63) is 33.8 Å². The van der Waals surface area contributed by atoms with Crippen molar-refractivity contribution in [2.75, 3.05) is 6.54 Å². The highest BCUT2D eigenvalue weighted by atomic mass is 79.9. The predicted octanol–water partition coefficient (Wildman–Crippen LogP) is 2.26. The molecule has 2 N–H and O–H groups in total. The van der Waals surface area contributed by atoms with Gasteiger partial charge in [0.2, 0.25) is 0 Å². The Kier molecular flexibility index (Phi) is 3.71. The quantitative estimate of drug-likeness (QED) is 0.851. The van der Waals surface area contributed by atoms with Crippen LogP contribution in [0.5, 0.6) is 0 Å². The molecule has 0 saturated heterocycles. The smallest absolute Gasteiger partial charge is 0.170 e. The minimum atomic E-state index is -0.865. The van der Waals surface area contributed by atoms with Crippen LogP contribution in [0, 0.1) is 11.6 Å². The molecular weight excluding hydrogens is 256 g/mol. The summed E-state index contributed by atoms with van der Waals surface area (Å²) in [6.07, 6.45) is -0.0600. The topological polar surface area (TPSA) is 43.1 Å². The van der Waals surface area contributed by atoms with Crippen LogP contribution in [0.2, 0.25) is 0 Å². The zero-order chi connectivity index (χ0) is 10.7. The average molecular weight is 264 g/mol. The van der Waals surface area contributed by atoms with Gasteiger partial charge in [-0.1, -0.05) is 15.9 Å². The second kappa shape index (κ2) is 4.61. The van der Waals surface area contributed by atoms with Crippen molar-refractivity contribution >= 4 is 21.7 Å². The number of ketones is 1. The summed E-state index contributed by atoms with van der Waals surface area (Å²) in [5, 5.41) is 0. The molecule has 0 heterocycles. The zero-order valence-corrected chi connectivity index (χ0v) is 8.77. The number of carbonyl (C=O) groups is 1. The minimum Gasteiger partial charge on any atom is -0.330 e. The van der Waals surface area contributed by atoms with Gasteiger partial charge in [0.05, 0.1) is 5.56 Å². The molecule has 0 spiro atoms. The number of benzene rings is 1. The van der Waals surface area contributed by atoms with E-state index in [1.807, 2.05) is 0 Å². The normalized spacial score (nSPS) is 10.3. The first kappa shape index (κ1) is 11.3. The third-order valence-electron chi connectivity index (χ3n) is 1.66. The number of hydrogen-bond acceptors (Lipinski definition) is 2. The summed E-state index contributed by atoms with van der Waals surface area (Å²) in [5.74, 6) is -2.35. The summed E-state index contributed by atoms with van der Waals surface area (Å²) in [5.41, 5.74) is 4.61. The van der Waals surface area contributed by atoms with E-state index in [4.69, 9.17) is 5.73 Å². The standard InChI is InChI=1S/C9H8BrF2NO/c10-5-3-6(11)9(7(12)4-5)8(14)1-2-13/h3-4H,1-2,13H2. The van der Waals surface area contributed by atoms with Crippen LogP contribution in [0.15, 0.2) is 16.6 Å². The van der Waals surface area contributed by atoms with Gasteiger partial charge in [0.1, 0.15) is 11.6 Å². The second-order valence-electron chi connectivity index (χ2n) is 2.71. The van der Waals surface area contributed by atoms with Gasteiger partial charge >= 0.3 is 0 Å². The van der Waals surface area contributed by atoms with Gasteiger partial charge in [0.15, 0.2) is 5.78 Å². The zero-order valence-electron chi connectivity index (χ0n) is 7.19. The summed E-state index contributed by atoms with van der Waals surface area (Å²) >= 11 is 2.92. The molecule has 0 unspecified atom stereocenters. The fourth-order valence-corrected chi connectivity index (χ4v) is 1.47. The van der Waals surface area contributed by atoms with Crippen LogP contribution in [0.25, 0.3) is 0 Å². The largest absolute Gasteiger partial charge is 0.330 e. The molecule has 14 heavy (non-hydrogen) atoms. The molecule has 0 atom stereocenters. The summed E-state index contributed by atoms with van der Waals surface area (Å²) in [6.45, 7) is 0.0772. The Balaban J connectivity index is 3.14. The van der Waals surface area contributed by atoms with Crippen molar-refractivity contribution in [3.8, 4) is 0 Å². The first-order valence-corrected chi connectivity index (χ1v) is 4.73. The molecule has 0 amide bonds. The number of halogens is 3. The van der Waals surface area contributed by atoms with E-state index in [0.29, 0.717) is 0 Å². The highest BCUT2D eigenvalue weighted by Gasteiger charge is 2.17. The predicted molar refractivity (Wildman–Crippen MR) is 52.1 cm³/mol. The van der Waals surface area contributed by atoms with E-state index in [0.717, 1.165) is 12.1 Å². The lowest BCUT2D eigenvalue weighted by atomic mass is 10.1. The fourth-order valence-electron chi connectivity index (χ4n) is 1.06. The van der Waals surface area contributed by atoms with Gasteiger partial charge in [-0.15, -0.1) is 0 Å². The lowest BCUT2D eigenvalue weighted by Gasteiger charge is -2.03. The molecule has 1 aromatic rings. The van der Waals surface area contributed by atoms with Crippen molar-refractivity contribution in [2.24, 2.45) is 5.73 Å². The van der Waals surface area contributed by atoms with E-state index in [-0.39, 0.29) is 17.4 Å². The van der Waals surface area contributed by atoms with Gasteiger partial charge in [-0.2, -0.15) is 0 Å². The third-order valence-corrected chi connectivity index (χ3v) is 2.11. The SMILES string of the molecule is NCCC(=O)c1c(F)cc(Br)cc1F. The van der Waals surface area contributed by atoms with E-state index in [2.05, 4.69) is 15.9 Å². The molecule has 0 saturated carbocycles. The minimum absolute atomic E-state index is 0.0600. The van der Waals surface area contributed by atoms with Crippen LogP contribution in [0.4, 0.5) is 8.78 Å². The van der Waals surface area contributed by atoms with Gasteiger partial charge in [-0.3, -0.25) is 4.79 Å². The Morgan fingerprint density at radius 1 is 1.36 bits per heavy atom. The van der Waals surface area contributed by atoms with Crippen LogP contribution in [0.1, 0.15) is 16.8 Å². The number of nitrogens with two attached hydrogens (primary N) is 1. The van der Waals surface area contributed by atoms with Gasteiger partial charge in [0, 0.05) is 10.9 Å². The Morgan fingerprint density at radius 2 is 1.86 bits per heavy atom. The molecule has 0 radical (unpaired) electrons. The van der Waals surface area contributed by atoms with Crippen molar-refractivity contribution in [1.29, 1.82) is 0 Å². The molecule has 0 aliphatic carbocycles. The molecule has 0 aliphatic heterocycles. The summed E-state index contributed by atoms with van der Waals surface area (Å²) < 4.78 is 26.6. The lowest BCUT2D eigenvalue weighted by Crippen LogP contribution is -2.11. The molecule has 0 fully saturated rings. The van der Waals surface area contributed by atoms with Crippen LogP contribution >= 0.6 is 15.9 Å². The highest BCUT2D eigenvalue weighted by Crippen LogP contribution is 2.20. The molecule has 0 bridgehead atoms. The number of Topliss-reactive ketones (excluding diaryl/α,β-unsaturated/α-hetero) is 1. The number of rotatable bonds is 3. The van der Waals surface area contributed by atoms with E-state index in [1.54, 1.807) is 0 Å². The van der Waals surface area contributed by atoms with E-state index in [1.165, 1.54) is 0 Å². The number of carbonyl (C=O) groups excluding carboxylic acids is 1. The highest BCUT2D eigenvalue weighted by molar-refractivity contribution is 9.10. The van der Waals surface area contributed by atoms with Crippen LogP contribution in [0.3, 0.4) is 0 Å². The van der Waals surface area contributed by atoms with E-state index < -0.39 is 23.0 Å². The Bertz CT molecular complexity index is 345. The van der Waals surface area contributed by atoms with Gasteiger partial charge in [-0.25, -0.2) is 8.78 Å². The molecule has 76 valence electrons. The summed E-state index contributed by atoms with van der Waals surface area (Å²) in [6, 6.07) is 2.10. The molecular formula is C9H8BrF2NO. The van der Waals surface area contributed by atoms with Crippen molar-refractivity contribution < 1.29 is 13.6 Å². The molecule has 0 aromatic heterocycles. The van der Waals surface area contributed by atoms with Crippen LogP contribution in [-0.2, 0) is 0 Å². The maximum atomic E-state index is 13.2. The van der Waals surface area contributed by atoms with E-state index in [9.17, 15) is 13.6 Å². The third kappa shape index (κ3) is 2.36. The molecule has 2 nitrogen and oxygen atoms in total. The maximum absolute atomic E-state index is 13.2. The second-order valence-corrected chi connectivity index (χ2v) is 3.62. The monoisotopic (exact) mass is 263 g/mol. The Morgan fingerprint density at radius 3 is 2.29 bits per heavy atom. The van der Waals surface area contributed by atoms with Crippen LogP contribution in [-0.4, -0.2) is 12.3 Å². The van der Waals surface area contributed by atoms with Crippen molar-refractivity contribution in [2.45, 2.75) is 6.42 Å². The average Bonchev–Trinajstić information content (AvgIpc) is 2.01.